The molecule has 0 aromatic carbocycles. The molecule has 0 aliphatic carbocycles. The maximum Gasteiger partial charge on any atom is 0.274 e. The highest BCUT2D eigenvalue weighted by Gasteiger charge is 2.50. The van der Waals surface area contributed by atoms with Crippen LogP contribution in [0.3, 0.4) is 0 Å². The lowest BCUT2D eigenvalue weighted by atomic mass is 9.93. The van der Waals surface area contributed by atoms with Crippen molar-refractivity contribution >= 4 is 23.5 Å². The van der Waals surface area contributed by atoms with E-state index in [4.69, 9.17) is 9.26 Å². The van der Waals surface area contributed by atoms with Crippen molar-refractivity contribution in [2.75, 3.05) is 27.4 Å². The molecule has 1 aromatic rings. The van der Waals surface area contributed by atoms with Crippen LogP contribution in [-0.2, 0) is 23.9 Å². The number of ketones is 1. The molecular formula is C24H40N4O7. The molecule has 2 heterocycles. The molecule has 1 saturated heterocycles. The Morgan fingerprint density at radius 3 is 2.06 bits per heavy atom. The summed E-state index contributed by atoms with van der Waals surface area (Å²) in [6.45, 7) is 11.1. The number of nitrogens with zero attached hydrogens (tertiary/aromatic N) is 1. The lowest BCUT2D eigenvalue weighted by Crippen LogP contribution is -2.52. The molecule has 0 saturated carbocycles. The predicted molar refractivity (Wildman–Crippen MR) is 129 cm³/mol. The highest BCUT2D eigenvalue weighted by molar-refractivity contribution is 5.98. The molecule has 2 rings (SSSR count). The van der Waals surface area contributed by atoms with Gasteiger partial charge in [-0.05, 0) is 38.5 Å². The number of nitrogens with one attached hydrogen (secondary N) is 3. The fourth-order valence-electron chi connectivity index (χ4n) is 3.27. The lowest BCUT2D eigenvalue weighted by Gasteiger charge is -2.22. The van der Waals surface area contributed by atoms with Gasteiger partial charge in [0.15, 0.2) is 11.5 Å². The fraction of sp³-hybridized carbons (Fsp3) is 0.708. The van der Waals surface area contributed by atoms with Crippen LogP contribution in [0.1, 0.15) is 63.7 Å². The van der Waals surface area contributed by atoms with Gasteiger partial charge < -0.3 is 29.9 Å². The third kappa shape index (κ3) is 10.6. The Bertz CT molecular complexity index is 862. The first kappa shape index (κ1) is 30.2. The van der Waals surface area contributed by atoms with Crippen LogP contribution in [0.5, 0.6) is 0 Å². The first-order valence-electron chi connectivity index (χ1n) is 11.7. The molecule has 35 heavy (non-hydrogen) atoms. The highest BCUT2D eigenvalue weighted by Crippen LogP contribution is 2.29. The quantitative estimate of drug-likeness (QED) is 0.367. The number of epoxide rings is 1. The van der Waals surface area contributed by atoms with Gasteiger partial charge in [0.25, 0.3) is 5.91 Å². The van der Waals surface area contributed by atoms with Crippen LogP contribution in [0.2, 0.25) is 0 Å². The minimum atomic E-state index is -0.848. The third-order valence-corrected chi connectivity index (χ3v) is 5.07. The van der Waals surface area contributed by atoms with Gasteiger partial charge in [0.2, 0.25) is 11.8 Å². The minimum Gasteiger partial charge on any atom is -0.388 e. The van der Waals surface area contributed by atoms with Crippen LogP contribution in [-0.4, -0.2) is 73.7 Å². The Morgan fingerprint density at radius 2 is 1.60 bits per heavy atom. The summed E-state index contributed by atoms with van der Waals surface area (Å²) in [4.78, 5) is 50.1. The molecule has 1 aliphatic heterocycles. The molecule has 3 atom stereocenters. The van der Waals surface area contributed by atoms with Crippen LogP contribution in [0.25, 0.3) is 0 Å². The van der Waals surface area contributed by atoms with Crippen LogP contribution in [0.15, 0.2) is 10.6 Å². The van der Waals surface area contributed by atoms with E-state index in [2.05, 4.69) is 25.8 Å². The number of methoxy groups -OCH3 is 1. The zero-order valence-electron chi connectivity index (χ0n) is 22.0. The van der Waals surface area contributed by atoms with E-state index in [1.165, 1.54) is 6.07 Å². The van der Waals surface area contributed by atoms with Gasteiger partial charge in [-0.1, -0.05) is 32.9 Å². The highest BCUT2D eigenvalue weighted by atomic mass is 16.6. The number of aryl methyl sites for hydroxylation is 1. The van der Waals surface area contributed by atoms with E-state index >= 15 is 0 Å². The number of Topliss-reactive ketones (excluding diaryl/α,β-unsaturated/α-hetero) is 1. The van der Waals surface area contributed by atoms with Gasteiger partial charge in [0.1, 0.15) is 17.4 Å². The second-order valence-electron chi connectivity index (χ2n) is 9.74. The topological polar surface area (TPSA) is 152 Å². The van der Waals surface area contributed by atoms with E-state index in [1.807, 2.05) is 27.7 Å². The number of carbonyl (C=O) groups is 4. The van der Waals surface area contributed by atoms with Crippen molar-refractivity contribution in [3.8, 4) is 0 Å². The van der Waals surface area contributed by atoms with Gasteiger partial charge in [-0.25, -0.2) is 0 Å². The number of aromatic nitrogens is 1. The summed E-state index contributed by atoms with van der Waals surface area (Å²) in [6.07, 6.45) is 0.848. The number of carbonyl (C=O) groups excluding carboxylic acids is 4. The summed E-state index contributed by atoms with van der Waals surface area (Å²) in [5.41, 5.74) is -0.769. The van der Waals surface area contributed by atoms with E-state index in [9.17, 15) is 19.2 Å². The molecular weight excluding hydrogens is 456 g/mol. The monoisotopic (exact) mass is 496 g/mol. The Morgan fingerprint density at radius 1 is 1.06 bits per heavy atom. The fourth-order valence-corrected chi connectivity index (χ4v) is 3.27. The first-order valence-corrected chi connectivity index (χ1v) is 11.7. The summed E-state index contributed by atoms with van der Waals surface area (Å²) < 4.78 is 14.4. The van der Waals surface area contributed by atoms with Crippen LogP contribution >= 0.6 is 0 Å². The Kier molecular flexibility index (Phi) is 12.0. The van der Waals surface area contributed by atoms with Crippen molar-refractivity contribution < 1.29 is 33.2 Å². The number of rotatable bonds is 12. The Labute approximate surface area is 207 Å². The Balaban J connectivity index is 0.00000194. The summed E-state index contributed by atoms with van der Waals surface area (Å²) in [5.74, 6) is -0.896. The predicted octanol–water partition coefficient (Wildman–Crippen LogP) is 1.40. The van der Waals surface area contributed by atoms with Crippen molar-refractivity contribution in [3.05, 3.63) is 17.5 Å². The van der Waals surface area contributed by atoms with Crippen LogP contribution in [0, 0.1) is 18.8 Å². The maximum atomic E-state index is 12.7. The zero-order chi connectivity index (χ0) is 26.8. The normalized spacial score (nSPS) is 18.2. The van der Waals surface area contributed by atoms with Crippen molar-refractivity contribution in [3.63, 3.8) is 0 Å². The molecule has 3 amide bonds. The molecule has 0 bridgehead atoms. The van der Waals surface area contributed by atoms with Gasteiger partial charge in [0.05, 0.1) is 19.2 Å². The number of amides is 3. The minimum absolute atomic E-state index is 0.0765. The molecule has 198 valence electrons. The average Bonchev–Trinajstić information content (AvgIpc) is 3.36. The zero-order valence-corrected chi connectivity index (χ0v) is 22.0. The average molecular weight is 497 g/mol. The van der Waals surface area contributed by atoms with Crippen LogP contribution in [0.4, 0.5) is 0 Å². The van der Waals surface area contributed by atoms with E-state index in [0.717, 1.165) is 0 Å². The molecule has 1 fully saturated rings. The van der Waals surface area contributed by atoms with E-state index in [1.54, 1.807) is 28.1 Å². The third-order valence-electron chi connectivity index (χ3n) is 5.07. The first-order chi connectivity index (χ1) is 16.3. The molecule has 1 aromatic heterocycles. The molecule has 0 radical (unpaired) electrons. The smallest absolute Gasteiger partial charge is 0.274 e. The second kappa shape index (κ2) is 13.9. The molecule has 3 N–H and O–H groups in total. The van der Waals surface area contributed by atoms with E-state index < -0.39 is 35.4 Å². The summed E-state index contributed by atoms with van der Waals surface area (Å²) in [7, 11) is 3.25. The number of hydrogen-bond donors (Lipinski definition) is 3. The molecule has 0 spiro atoms. The van der Waals surface area contributed by atoms with Gasteiger partial charge in [-0.3, -0.25) is 19.2 Å². The van der Waals surface area contributed by atoms with Gasteiger partial charge in [-0.15, -0.1) is 0 Å². The summed E-state index contributed by atoms with van der Waals surface area (Å²) in [6, 6.07) is -0.0593. The van der Waals surface area contributed by atoms with Crippen molar-refractivity contribution in [1.29, 1.82) is 0 Å². The Hall–Kier alpha value is -2.79. The molecule has 11 heteroatoms. The maximum absolute atomic E-state index is 12.7. The summed E-state index contributed by atoms with van der Waals surface area (Å²) in [5, 5.41) is 11.5. The summed E-state index contributed by atoms with van der Waals surface area (Å²) >= 11 is 0. The van der Waals surface area contributed by atoms with Crippen molar-refractivity contribution in [2.24, 2.45) is 11.8 Å². The van der Waals surface area contributed by atoms with Gasteiger partial charge in [-0.2, -0.15) is 0 Å². The van der Waals surface area contributed by atoms with Crippen molar-refractivity contribution in [1.82, 2.24) is 21.1 Å². The van der Waals surface area contributed by atoms with Gasteiger partial charge in [0, 0.05) is 20.3 Å². The number of ether oxygens (including phenoxy) is 2. The van der Waals surface area contributed by atoms with E-state index in [0.29, 0.717) is 25.2 Å². The van der Waals surface area contributed by atoms with Crippen LogP contribution < -0.4 is 16.0 Å². The number of hydrogen-bond acceptors (Lipinski definition) is 8. The standard InChI is InChI=1S/C22H34N4O6.C2H6O/c1-12(2)7-15(19(28)22(6)11-31-22)24-18(27)10-23-20(29)16(8-13(3)4)25-21(30)17-9-14(5)32-26-17;1-3-2/h9,12-13,15-16H,7-8,10-11H2,1-6H3,(H,23,29)(H,24,27)(H,25,30);1-2H3/t15-,16-,22+;/m0./s1. The van der Waals surface area contributed by atoms with E-state index in [-0.39, 0.29) is 29.9 Å². The largest absolute Gasteiger partial charge is 0.388 e. The molecule has 0 unspecified atom stereocenters. The second-order valence-corrected chi connectivity index (χ2v) is 9.74. The SMILES string of the molecule is COC.Cc1cc(C(=O)N[C@@H](CC(C)C)C(=O)NCC(=O)N[C@@H](CC(C)C)C(=O)[C@@]2(C)CO2)no1. The molecule has 11 nitrogen and oxygen atoms in total. The van der Waals surface area contributed by atoms with Crippen molar-refractivity contribution in [2.45, 2.75) is 72.1 Å². The molecule has 1 aliphatic rings. The van der Waals surface area contributed by atoms with Gasteiger partial charge >= 0.3 is 0 Å². The lowest BCUT2D eigenvalue weighted by molar-refractivity contribution is -0.131.